The van der Waals surface area contributed by atoms with E-state index in [1.165, 1.54) is 12.1 Å². The third kappa shape index (κ3) is 1.98. The number of hydrogen-bond acceptors (Lipinski definition) is 4. The molecule has 0 saturated heterocycles. The number of carbonyl (C=O) groups is 1. The minimum absolute atomic E-state index is 0.177. The van der Waals surface area contributed by atoms with Gasteiger partial charge in [-0.3, -0.25) is 0 Å². The number of aromatic amines is 1. The molecule has 3 aromatic rings. The van der Waals surface area contributed by atoms with Crippen molar-refractivity contribution in [2.24, 2.45) is 0 Å². The van der Waals surface area contributed by atoms with Crippen molar-refractivity contribution in [1.82, 2.24) is 9.97 Å². The number of benzene rings is 1. The van der Waals surface area contributed by atoms with Gasteiger partial charge >= 0.3 is 5.97 Å². The third-order valence-electron chi connectivity index (χ3n) is 2.78. The highest BCUT2D eigenvalue weighted by Gasteiger charge is 2.11. The number of imidazole rings is 1. The second kappa shape index (κ2) is 4.25. The van der Waals surface area contributed by atoms with Crippen molar-refractivity contribution in [3.63, 3.8) is 0 Å². The molecule has 0 unspecified atom stereocenters. The number of rotatable bonds is 3. The summed E-state index contributed by atoms with van der Waals surface area (Å²) in [5.41, 5.74) is 1.47. The fourth-order valence-corrected chi connectivity index (χ4v) is 1.85. The second-order valence-corrected chi connectivity index (χ2v) is 4.05. The number of aliphatic hydroxyl groups excluding tert-OH is 1. The first-order valence-corrected chi connectivity index (χ1v) is 5.60. The summed E-state index contributed by atoms with van der Waals surface area (Å²) < 4.78 is 5.37. The molecule has 0 fully saturated rings. The van der Waals surface area contributed by atoms with Gasteiger partial charge in [0.15, 0.2) is 11.6 Å². The number of nitrogens with one attached hydrogen (secondary N) is 1. The number of furan rings is 1. The van der Waals surface area contributed by atoms with E-state index in [-0.39, 0.29) is 12.2 Å². The first-order chi connectivity index (χ1) is 9.17. The molecule has 0 radical (unpaired) electrons. The zero-order chi connectivity index (χ0) is 13.4. The molecule has 6 heteroatoms. The number of nitrogens with zero attached hydrogens (tertiary/aromatic N) is 1. The Kier molecular flexibility index (Phi) is 2.57. The van der Waals surface area contributed by atoms with Gasteiger partial charge < -0.3 is 19.6 Å². The van der Waals surface area contributed by atoms with Crippen LogP contribution >= 0.6 is 0 Å². The Morgan fingerprint density at radius 2 is 2.16 bits per heavy atom. The lowest BCUT2D eigenvalue weighted by atomic mass is 10.2. The Hall–Kier alpha value is -2.60. The molecule has 1 aromatic carbocycles. The number of hydrogen-bond donors (Lipinski definition) is 3. The van der Waals surface area contributed by atoms with Crippen LogP contribution in [0.25, 0.3) is 22.6 Å². The van der Waals surface area contributed by atoms with E-state index in [1.807, 2.05) is 0 Å². The third-order valence-corrected chi connectivity index (χ3v) is 2.78. The van der Waals surface area contributed by atoms with Crippen LogP contribution in [0.5, 0.6) is 0 Å². The first-order valence-electron chi connectivity index (χ1n) is 5.60. The highest BCUT2D eigenvalue weighted by molar-refractivity contribution is 5.92. The number of carboxylic acid groups (broad SMARTS) is 1. The molecule has 3 N–H and O–H groups in total. The summed E-state index contributed by atoms with van der Waals surface area (Å²) in [5, 5.41) is 17.9. The van der Waals surface area contributed by atoms with Crippen molar-refractivity contribution in [3.8, 4) is 11.6 Å². The van der Waals surface area contributed by atoms with Gasteiger partial charge in [-0.25, -0.2) is 9.78 Å². The largest absolute Gasteiger partial charge is 0.478 e. The molecular weight excluding hydrogens is 248 g/mol. The maximum Gasteiger partial charge on any atom is 0.335 e. The molecule has 6 nitrogen and oxygen atoms in total. The fourth-order valence-electron chi connectivity index (χ4n) is 1.85. The van der Waals surface area contributed by atoms with Gasteiger partial charge in [0.25, 0.3) is 0 Å². The monoisotopic (exact) mass is 258 g/mol. The van der Waals surface area contributed by atoms with Crippen LogP contribution in [0.15, 0.2) is 34.7 Å². The lowest BCUT2D eigenvalue weighted by Crippen LogP contribution is -1.94. The van der Waals surface area contributed by atoms with Crippen molar-refractivity contribution in [2.75, 3.05) is 0 Å². The SMILES string of the molecule is O=C(O)c1ccc2nc(-c3ccc(CO)o3)[nH]c2c1. The molecule has 0 aliphatic carbocycles. The normalized spacial score (nSPS) is 11.0. The molecule has 0 aliphatic heterocycles. The Balaban J connectivity index is 2.08. The van der Waals surface area contributed by atoms with Gasteiger partial charge in [-0.05, 0) is 30.3 Å². The summed E-state index contributed by atoms with van der Waals surface area (Å²) >= 11 is 0. The van der Waals surface area contributed by atoms with Gasteiger partial charge in [0.05, 0.1) is 16.6 Å². The Morgan fingerprint density at radius 3 is 2.84 bits per heavy atom. The van der Waals surface area contributed by atoms with E-state index in [0.717, 1.165) is 0 Å². The average Bonchev–Trinajstić information content (AvgIpc) is 3.03. The second-order valence-electron chi connectivity index (χ2n) is 4.05. The quantitative estimate of drug-likeness (QED) is 0.667. The molecular formula is C13H10N2O4. The Labute approximate surface area is 107 Å². The summed E-state index contributed by atoms with van der Waals surface area (Å²) in [7, 11) is 0. The Bertz CT molecular complexity index is 757. The van der Waals surface area contributed by atoms with Gasteiger partial charge in [0, 0.05) is 0 Å². The smallest absolute Gasteiger partial charge is 0.335 e. The molecule has 2 heterocycles. The standard InChI is InChI=1S/C13H10N2O4/c16-6-8-2-4-11(19-8)12-14-9-3-1-7(13(17)18)5-10(9)15-12/h1-5,16H,6H2,(H,14,15)(H,17,18). The van der Waals surface area contributed by atoms with Crippen molar-refractivity contribution in [3.05, 3.63) is 41.7 Å². The van der Waals surface area contributed by atoms with E-state index in [1.54, 1.807) is 18.2 Å². The lowest BCUT2D eigenvalue weighted by molar-refractivity contribution is 0.0697. The van der Waals surface area contributed by atoms with Crippen molar-refractivity contribution < 1.29 is 19.4 Å². The van der Waals surface area contributed by atoms with E-state index in [0.29, 0.717) is 28.4 Å². The summed E-state index contributed by atoms with van der Waals surface area (Å²) in [5.74, 6) is 0.453. The minimum Gasteiger partial charge on any atom is -0.478 e. The van der Waals surface area contributed by atoms with E-state index < -0.39 is 5.97 Å². The van der Waals surface area contributed by atoms with Crippen LogP contribution in [-0.2, 0) is 6.61 Å². The zero-order valence-electron chi connectivity index (χ0n) is 9.75. The zero-order valence-corrected chi connectivity index (χ0v) is 9.75. The van der Waals surface area contributed by atoms with Gasteiger partial charge in [-0.1, -0.05) is 0 Å². The molecule has 0 saturated carbocycles. The van der Waals surface area contributed by atoms with Gasteiger partial charge in [-0.15, -0.1) is 0 Å². The number of H-pyrrole nitrogens is 1. The van der Waals surface area contributed by atoms with Gasteiger partial charge in [0.2, 0.25) is 0 Å². The minimum atomic E-state index is -0.987. The van der Waals surface area contributed by atoms with Crippen molar-refractivity contribution >= 4 is 17.0 Å². The van der Waals surface area contributed by atoms with E-state index in [9.17, 15) is 4.79 Å². The molecule has 0 spiro atoms. The Morgan fingerprint density at radius 1 is 1.32 bits per heavy atom. The highest BCUT2D eigenvalue weighted by atomic mass is 16.4. The van der Waals surface area contributed by atoms with Crippen LogP contribution < -0.4 is 0 Å². The van der Waals surface area contributed by atoms with Crippen LogP contribution in [0.4, 0.5) is 0 Å². The lowest BCUT2D eigenvalue weighted by Gasteiger charge is -1.92. The van der Waals surface area contributed by atoms with E-state index in [4.69, 9.17) is 14.6 Å². The predicted octanol–water partition coefficient (Wildman–Crippen LogP) is 2.01. The van der Waals surface area contributed by atoms with Crippen LogP contribution in [0.2, 0.25) is 0 Å². The van der Waals surface area contributed by atoms with E-state index in [2.05, 4.69) is 9.97 Å². The predicted molar refractivity (Wildman–Crippen MR) is 66.7 cm³/mol. The molecule has 0 bridgehead atoms. The summed E-state index contributed by atoms with van der Waals surface area (Å²) in [6.07, 6.45) is 0. The molecule has 0 atom stereocenters. The van der Waals surface area contributed by atoms with Gasteiger partial charge in [0.1, 0.15) is 12.4 Å². The maximum atomic E-state index is 10.9. The molecule has 2 aromatic heterocycles. The summed E-state index contributed by atoms with van der Waals surface area (Å²) in [6, 6.07) is 8.00. The van der Waals surface area contributed by atoms with Crippen LogP contribution in [-0.4, -0.2) is 26.2 Å². The number of carboxylic acids is 1. The fraction of sp³-hybridized carbons (Fsp3) is 0.0769. The number of aromatic carboxylic acids is 1. The van der Waals surface area contributed by atoms with Crippen LogP contribution in [0, 0.1) is 0 Å². The summed E-state index contributed by atoms with van der Waals surface area (Å²) in [6.45, 7) is -0.177. The number of aliphatic hydroxyl groups is 1. The van der Waals surface area contributed by atoms with Gasteiger partial charge in [-0.2, -0.15) is 0 Å². The number of aromatic nitrogens is 2. The molecule has 19 heavy (non-hydrogen) atoms. The molecule has 3 rings (SSSR count). The highest BCUT2D eigenvalue weighted by Crippen LogP contribution is 2.23. The van der Waals surface area contributed by atoms with Crippen LogP contribution in [0.3, 0.4) is 0 Å². The average molecular weight is 258 g/mol. The number of fused-ring (bicyclic) bond motifs is 1. The van der Waals surface area contributed by atoms with Crippen LogP contribution in [0.1, 0.15) is 16.1 Å². The molecule has 0 aliphatic rings. The molecule has 0 amide bonds. The maximum absolute atomic E-state index is 10.9. The topological polar surface area (TPSA) is 99.3 Å². The van der Waals surface area contributed by atoms with Crippen molar-refractivity contribution in [1.29, 1.82) is 0 Å². The summed E-state index contributed by atoms with van der Waals surface area (Å²) in [4.78, 5) is 18.2. The molecule has 96 valence electrons. The van der Waals surface area contributed by atoms with Crippen molar-refractivity contribution in [2.45, 2.75) is 6.61 Å². The first kappa shape index (κ1) is 11.5. The van der Waals surface area contributed by atoms with E-state index >= 15 is 0 Å².